The molecule has 0 radical (unpaired) electrons. The highest BCUT2D eigenvalue weighted by Gasteiger charge is 2.12. The molecule has 0 unspecified atom stereocenters. The normalized spacial score (nSPS) is 13.1. The van der Waals surface area contributed by atoms with Gasteiger partial charge in [-0.3, -0.25) is 4.79 Å². The number of aliphatic hydroxyl groups is 1. The molecule has 21 heavy (non-hydrogen) atoms. The molecule has 0 aliphatic heterocycles. The Bertz CT molecular complexity index is 628. The van der Waals surface area contributed by atoms with Gasteiger partial charge >= 0.3 is 8.60 Å². The summed E-state index contributed by atoms with van der Waals surface area (Å²) in [5, 5.41) is 12.4. The van der Waals surface area contributed by atoms with E-state index in [4.69, 9.17) is 9.79 Å². The van der Waals surface area contributed by atoms with E-state index < -0.39 is 8.60 Å². The van der Waals surface area contributed by atoms with E-state index in [1.54, 1.807) is 6.20 Å². The molecular weight excluding hydrogens is 299 g/mol. The average molecular weight is 316 g/mol. The third-order valence-electron chi connectivity index (χ3n) is 3.02. The molecule has 0 aromatic carbocycles. The first kappa shape index (κ1) is 16.0. The van der Waals surface area contributed by atoms with Crippen LogP contribution in [0.25, 0.3) is 11.0 Å². The predicted molar refractivity (Wildman–Crippen MR) is 76.4 cm³/mol. The van der Waals surface area contributed by atoms with E-state index in [-0.39, 0.29) is 24.8 Å². The summed E-state index contributed by atoms with van der Waals surface area (Å²) in [7, 11) is -2.37. The molecule has 6 N–H and O–H groups in total. The lowest BCUT2D eigenvalue weighted by Gasteiger charge is -2.15. The van der Waals surface area contributed by atoms with E-state index in [1.807, 2.05) is 0 Å². The van der Waals surface area contributed by atoms with Crippen molar-refractivity contribution in [3.63, 3.8) is 0 Å². The lowest BCUT2D eigenvalue weighted by Crippen LogP contribution is -2.33. The molecule has 0 amide bonds. The number of aromatic amines is 2. The number of nitrogens with one attached hydrogen (secondary N) is 3. The number of fused-ring (bicyclic) bond motifs is 1. The summed E-state index contributed by atoms with van der Waals surface area (Å²) in [5.74, 6) is 0. The van der Waals surface area contributed by atoms with Crippen molar-refractivity contribution in [2.24, 2.45) is 0 Å². The van der Waals surface area contributed by atoms with Crippen molar-refractivity contribution in [2.45, 2.75) is 19.0 Å². The molecule has 0 saturated heterocycles. The fraction of sp³-hybridized carbons (Fsp3) is 0.455. The molecule has 10 heteroatoms. The Kier molecular flexibility index (Phi) is 5.80. The molecule has 0 bridgehead atoms. The second-order valence-corrected chi connectivity index (χ2v) is 5.17. The maximum atomic E-state index is 11.5. The molecule has 0 saturated carbocycles. The van der Waals surface area contributed by atoms with Gasteiger partial charge in [0.2, 0.25) is 0 Å². The van der Waals surface area contributed by atoms with Crippen molar-refractivity contribution < 1.29 is 19.4 Å². The Balaban J connectivity index is 1.94. The van der Waals surface area contributed by atoms with Gasteiger partial charge in [0.05, 0.1) is 25.1 Å². The van der Waals surface area contributed by atoms with Crippen molar-refractivity contribution in [1.82, 2.24) is 20.3 Å². The molecule has 2 aromatic rings. The summed E-state index contributed by atoms with van der Waals surface area (Å²) in [6, 6.07) is -0.258. The lowest BCUT2D eigenvalue weighted by atomic mass is 10.2. The quantitative estimate of drug-likeness (QED) is 0.354. The molecular formula is C11H17N4O5P. The third-order valence-corrected chi connectivity index (χ3v) is 3.44. The molecule has 116 valence electrons. The highest BCUT2D eigenvalue weighted by molar-refractivity contribution is 7.39. The van der Waals surface area contributed by atoms with Crippen LogP contribution in [0.1, 0.15) is 12.0 Å². The maximum absolute atomic E-state index is 11.5. The number of H-pyrrole nitrogens is 2. The van der Waals surface area contributed by atoms with Gasteiger partial charge in [-0.15, -0.1) is 0 Å². The smallest absolute Gasteiger partial charge is 0.327 e. The van der Waals surface area contributed by atoms with Gasteiger partial charge in [-0.05, 0) is 6.42 Å². The van der Waals surface area contributed by atoms with Crippen LogP contribution in [0.5, 0.6) is 0 Å². The van der Waals surface area contributed by atoms with Crippen molar-refractivity contribution in [3.8, 4) is 0 Å². The largest absolute Gasteiger partial charge is 0.395 e. The Morgan fingerprint density at radius 1 is 1.43 bits per heavy atom. The zero-order valence-electron chi connectivity index (χ0n) is 11.1. The van der Waals surface area contributed by atoms with Crippen LogP contribution in [0.15, 0.2) is 17.3 Å². The topological polar surface area (TPSA) is 143 Å². The minimum atomic E-state index is -2.37. The Morgan fingerprint density at radius 3 is 2.95 bits per heavy atom. The van der Waals surface area contributed by atoms with Crippen molar-refractivity contribution in [3.05, 3.63) is 28.4 Å². The summed E-state index contributed by atoms with van der Waals surface area (Å²) < 4.78 is 4.66. The molecule has 0 spiro atoms. The summed E-state index contributed by atoms with van der Waals surface area (Å²) in [4.78, 5) is 38.3. The zero-order chi connectivity index (χ0) is 15.2. The van der Waals surface area contributed by atoms with Crippen LogP contribution in [0.2, 0.25) is 0 Å². The summed E-state index contributed by atoms with van der Waals surface area (Å²) >= 11 is 0. The van der Waals surface area contributed by atoms with Gasteiger partial charge in [-0.2, -0.15) is 0 Å². The van der Waals surface area contributed by atoms with Crippen molar-refractivity contribution in [1.29, 1.82) is 0 Å². The van der Waals surface area contributed by atoms with Crippen LogP contribution in [0.4, 0.5) is 0 Å². The Hall–Kier alpha value is -1.35. The first-order valence-electron chi connectivity index (χ1n) is 6.30. The number of rotatable bonds is 8. The molecule has 1 atom stereocenters. The SMILES string of the molecule is O=c1[nH]cnc2c(CN[C@H](CO)CCOP(O)O)c[nH]c12. The first-order valence-corrected chi connectivity index (χ1v) is 7.47. The van der Waals surface area contributed by atoms with Gasteiger partial charge in [0.1, 0.15) is 5.52 Å². The van der Waals surface area contributed by atoms with Crippen molar-refractivity contribution in [2.75, 3.05) is 13.2 Å². The maximum Gasteiger partial charge on any atom is 0.327 e. The molecule has 0 aliphatic carbocycles. The zero-order valence-corrected chi connectivity index (χ0v) is 12.0. The van der Waals surface area contributed by atoms with Gasteiger partial charge < -0.3 is 34.7 Å². The second kappa shape index (κ2) is 7.60. The molecule has 2 heterocycles. The highest BCUT2D eigenvalue weighted by Crippen LogP contribution is 2.24. The second-order valence-electron chi connectivity index (χ2n) is 4.40. The molecule has 0 aliphatic rings. The lowest BCUT2D eigenvalue weighted by molar-refractivity contribution is 0.195. The monoisotopic (exact) mass is 316 g/mol. The van der Waals surface area contributed by atoms with Gasteiger partial charge in [0.15, 0.2) is 0 Å². The van der Waals surface area contributed by atoms with E-state index in [2.05, 4.69) is 24.8 Å². The van der Waals surface area contributed by atoms with Gasteiger partial charge in [0, 0.05) is 24.3 Å². The van der Waals surface area contributed by atoms with Crippen LogP contribution >= 0.6 is 8.60 Å². The predicted octanol–water partition coefficient (Wildman–Crippen LogP) is -0.680. The fourth-order valence-corrected chi connectivity index (χ4v) is 2.20. The van der Waals surface area contributed by atoms with E-state index in [9.17, 15) is 9.90 Å². The molecule has 2 aromatic heterocycles. The van der Waals surface area contributed by atoms with Gasteiger partial charge in [-0.25, -0.2) is 4.98 Å². The van der Waals surface area contributed by atoms with E-state index in [0.29, 0.717) is 24.0 Å². The first-order chi connectivity index (χ1) is 10.1. The van der Waals surface area contributed by atoms with Crippen molar-refractivity contribution >= 4 is 19.6 Å². The highest BCUT2D eigenvalue weighted by atomic mass is 31.2. The van der Waals surface area contributed by atoms with E-state index in [0.717, 1.165) is 5.56 Å². The van der Waals surface area contributed by atoms with Crippen LogP contribution in [-0.2, 0) is 11.1 Å². The minimum absolute atomic E-state index is 0.117. The van der Waals surface area contributed by atoms with E-state index in [1.165, 1.54) is 6.33 Å². The molecule has 9 nitrogen and oxygen atoms in total. The standard InChI is InChI=1S/C11H17N4O5P/c16-5-8(1-2-20-21(18)19)12-3-7-4-13-10-9(7)14-6-15-11(10)17/h4,6,8,12-13,16,18-19H,1-3,5H2,(H,14,15,17)/t8-/m0/s1. The van der Waals surface area contributed by atoms with E-state index >= 15 is 0 Å². The Labute approximate surface area is 121 Å². The third kappa shape index (κ3) is 4.31. The molecule has 2 rings (SSSR count). The minimum Gasteiger partial charge on any atom is -0.395 e. The van der Waals surface area contributed by atoms with Gasteiger partial charge in [0.25, 0.3) is 5.56 Å². The van der Waals surface area contributed by atoms with Crippen LogP contribution in [0, 0.1) is 0 Å². The average Bonchev–Trinajstić information content (AvgIpc) is 2.87. The number of hydrogen-bond donors (Lipinski definition) is 6. The number of aliphatic hydroxyl groups excluding tert-OH is 1. The number of nitrogens with zero attached hydrogens (tertiary/aromatic N) is 1. The number of aromatic nitrogens is 3. The molecule has 0 fully saturated rings. The summed E-state index contributed by atoms with van der Waals surface area (Å²) in [6.07, 6.45) is 3.45. The summed E-state index contributed by atoms with van der Waals surface area (Å²) in [6.45, 7) is 0.423. The number of hydrogen-bond acceptors (Lipinski definition) is 7. The van der Waals surface area contributed by atoms with Crippen LogP contribution in [-0.4, -0.2) is 49.1 Å². The van der Waals surface area contributed by atoms with Crippen LogP contribution in [0.3, 0.4) is 0 Å². The fourth-order valence-electron chi connectivity index (χ4n) is 1.93. The van der Waals surface area contributed by atoms with Crippen LogP contribution < -0.4 is 10.9 Å². The summed E-state index contributed by atoms with van der Waals surface area (Å²) in [5.41, 5.74) is 1.55. The van der Waals surface area contributed by atoms with Gasteiger partial charge in [-0.1, -0.05) is 0 Å². The Morgan fingerprint density at radius 2 is 2.24 bits per heavy atom.